The molecule has 0 fully saturated rings. The fraction of sp³-hybridized carbons (Fsp3) is 0.400. The van der Waals surface area contributed by atoms with Crippen molar-refractivity contribution in [2.75, 3.05) is 5.75 Å². The number of aliphatic carboxylic acids is 1. The van der Waals surface area contributed by atoms with E-state index in [0.717, 1.165) is 25.2 Å². The highest BCUT2D eigenvalue weighted by molar-refractivity contribution is 7.99. The molecule has 1 aromatic heterocycles. The molecule has 0 saturated carbocycles. The molecule has 6 heteroatoms. The maximum Gasteiger partial charge on any atom is 0.313 e. The highest BCUT2D eigenvalue weighted by Gasteiger charge is 2.27. The molecule has 2 aromatic rings. The summed E-state index contributed by atoms with van der Waals surface area (Å²) in [6.07, 6.45) is 1.97. The van der Waals surface area contributed by atoms with E-state index in [2.05, 4.69) is 34.5 Å². The lowest BCUT2D eigenvalue weighted by Crippen LogP contribution is -2.10. The molecular weight excluding hydrogens is 286 g/mol. The van der Waals surface area contributed by atoms with E-state index in [1.54, 1.807) is 0 Å². The Labute approximate surface area is 127 Å². The zero-order chi connectivity index (χ0) is 14.8. The fourth-order valence-electron chi connectivity index (χ4n) is 2.87. The summed E-state index contributed by atoms with van der Waals surface area (Å²) in [6.45, 7) is 2.80. The second kappa shape index (κ2) is 5.89. The van der Waals surface area contributed by atoms with Crippen LogP contribution in [0.4, 0.5) is 0 Å². The molecule has 1 N–H and O–H groups in total. The minimum absolute atomic E-state index is 0.0169. The quantitative estimate of drug-likeness (QED) is 0.859. The van der Waals surface area contributed by atoms with Gasteiger partial charge in [0.2, 0.25) is 0 Å². The third-order valence-corrected chi connectivity index (χ3v) is 4.75. The third-order valence-electron chi connectivity index (χ3n) is 3.80. The van der Waals surface area contributed by atoms with Crippen LogP contribution in [0.5, 0.6) is 0 Å². The first-order valence-corrected chi connectivity index (χ1v) is 8.02. The molecule has 5 nitrogen and oxygen atoms in total. The van der Waals surface area contributed by atoms with Gasteiger partial charge in [0.15, 0.2) is 5.16 Å². The van der Waals surface area contributed by atoms with Gasteiger partial charge in [0.25, 0.3) is 0 Å². The number of thioether (sulfide) groups is 1. The summed E-state index contributed by atoms with van der Waals surface area (Å²) in [5, 5.41) is 18.0. The number of carbonyl (C=O) groups is 1. The van der Waals surface area contributed by atoms with Crippen molar-refractivity contribution in [1.82, 2.24) is 14.8 Å². The van der Waals surface area contributed by atoms with Crippen molar-refractivity contribution >= 4 is 17.7 Å². The summed E-state index contributed by atoms with van der Waals surface area (Å²) in [4.78, 5) is 10.7. The molecule has 1 heterocycles. The van der Waals surface area contributed by atoms with Crippen molar-refractivity contribution in [1.29, 1.82) is 0 Å². The molecule has 0 aliphatic heterocycles. The third kappa shape index (κ3) is 2.81. The van der Waals surface area contributed by atoms with Gasteiger partial charge in [-0.15, -0.1) is 10.2 Å². The molecule has 21 heavy (non-hydrogen) atoms. The van der Waals surface area contributed by atoms with E-state index in [4.69, 9.17) is 5.11 Å². The molecule has 1 aromatic carbocycles. The first-order valence-electron chi connectivity index (χ1n) is 7.03. The number of rotatable bonds is 5. The minimum atomic E-state index is -0.833. The van der Waals surface area contributed by atoms with Crippen molar-refractivity contribution in [2.24, 2.45) is 0 Å². The van der Waals surface area contributed by atoms with Gasteiger partial charge in [-0.25, -0.2) is 0 Å². The Morgan fingerprint density at radius 3 is 2.57 bits per heavy atom. The molecule has 0 radical (unpaired) electrons. The Morgan fingerprint density at radius 1 is 1.33 bits per heavy atom. The molecule has 1 aliphatic rings. The number of carboxylic acids is 1. The lowest BCUT2D eigenvalue weighted by Gasteiger charge is -2.11. The Balaban J connectivity index is 1.82. The molecule has 0 spiro atoms. The number of hydrogen-bond acceptors (Lipinski definition) is 4. The van der Waals surface area contributed by atoms with E-state index in [1.807, 2.05) is 11.5 Å². The van der Waals surface area contributed by atoms with Crippen molar-refractivity contribution < 1.29 is 9.90 Å². The highest BCUT2D eigenvalue weighted by Crippen LogP contribution is 2.34. The van der Waals surface area contributed by atoms with Gasteiger partial charge in [0, 0.05) is 12.5 Å². The van der Waals surface area contributed by atoms with Crippen LogP contribution in [0, 0.1) is 0 Å². The maximum atomic E-state index is 10.7. The van der Waals surface area contributed by atoms with Crippen LogP contribution < -0.4 is 0 Å². The van der Waals surface area contributed by atoms with Crippen LogP contribution in [-0.4, -0.2) is 31.6 Å². The number of nitrogens with zero attached hydrogens (tertiary/aromatic N) is 3. The summed E-state index contributed by atoms with van der Waals surface area (Å²) in [6, 6.07) is 8.48. The Bertz CT molecular complexity index is 644. The average molecular weight is 303 g/mol. The van der Waals surface area contributed by atoms with Gasteiger partial charge in [-0.3, -0.25) is 4.79 Å². The monoisotopic (exact) mass is 303 g/mol. The average Bonchev–Trinajstić information content (AvgIpc) is 3.07. The lowest BCUT2D eigenvalue weighted by atomic mass is 10.1. The number of aromatic nitrogens is 3. The summed E-state index contributed by atoms with van der Waals surface area (Å²) >= 11 is 1.23. The predicted molar refractivity (Wildman–Crippen MR) is 80.6 cm³/mol. The van der Waals surface area contributed by atoms with Crippen molar-refractivity contribution in [2.45, 2.75) is 37.4 Å². The van der Waals surface area contributed by atoms with Crippen LogP contribution in [0.2, 0.25) is 0 Å². The first kappa shape index (κ1) is 14.1. The van der Waals surface area contributed by atoms with Gasteiger partial charge in [-0.05, 0) is 30.9 Å². The highest BCUT2D eigenvalue weighted by atomic mass is 32.2. The van der Waals surface area contributed by atoms with Crippen molar-refractivity contribution in [3.05, 3.63) is 41.2 Å². The van der Waals surface area contributed by atoms with Gasteiger partial charge < -0.3 is 9.67 Å². The molecule has 110 valence electrons. The van der Waals surface area contributed by atoms with Crippen LogP contribution in [-0.2, 0) is 24.2 Å². The van der Waals surface area contributed by atoms with E-state index in [9.17, 15) is 4.79 Å². The summed E-state index contributed by atoms with van der Waals surface area (Å²) in [7, 11) is 0. The van der Waals surface area contributed by atoms with Gasteiger partial charge in [-0.2, -0.15) is 0 Å². The van der Waals surface area contributed by atoms with E-state index >= 15 is 0 Å². The van der Waals surface area contributed by atoms with Crippen LogP contribution in [0.1, 0.15) is 29.8 Å². The summed E-state index contributed by atoms with van der Waals surface area (Å²) < 4.78 is 2.05. The van der Waals surface area contributed by atoms with E-state index in [1.165, 1.54) is 22.9 Å². The first-order chi connectivity index (χ1) is 10.2. The molecule has 0 bridgehead atoms. The molecule has 0 amide bonds. The van der Waals surface area contributed by atoms with Crippen LogP contribution in [0.3, 0.4) is 0 Å². The number of fused-ring (bicyclic) bond motifs is 1. The number of carboxylic acid groups (broad SMARTS) is 1. The van der Waals surface area contributed by atoms with Crippen LogP contribution in [0.15, 0.2) is 29.4 Å². The van der Waals surface area contributed by atoms with Crippen molar-refractivity contribution in [3.8, 4) is 0 Å². The Hall–Kier alpha value is -1.82. The Kier molecular flexibility index (Phi) is 3.96. The summed E-state index contributed by atoms with van der Waals surface area (Å²) in [5.74, 6) is 0.499. The molecule has 0 atom stereocenters. The lowest BCUT2D eigenvalue weighted by molar-refractivity contribution is -0.133. The van der Waals surface area contributed by atoms with Crippen molar-refractivity contribution in [3.63, 3.8) is 0 Å². The number of hydrogen-bond donors (Lipinski definition) is 1. The van der Waals surface area contributed by atoms with Gasteiger partial charge >= 0.3 is 5.97 Å². The minimum Gasteiger partial charge on any atom is -0.481 e. The molecular formula is C15H17N3O2S. The van der Waals surface area contributed by atoms with E-state index in [0.29, 0.717) is 11.1 Å². The second-order valence-corrected chi connectivity index (χ2v) is 6.08. The fourth-order valence-corrected chi connectivity index (χ4v) is 3.60. The Morgan fingerprint density at radius 2 is 2.00 bits per heavy atom. The largest absolute Gasteiger partial charge is 0.481 e. The summed E-state index contributed by atoms with van der Waals surface area (Å²) in [5.41, 5.74) is 2.76. The molecule has 0 unspecified atom stereocenters. The normalized spacial score (nSPS) is 14.3. The topological polar surface area (TPSA) is 68.0 Å². The zero-order valence-electron chi connectivity index (χ0n) is 11.8. The number of benzene rings is 1. The molecule has 3 rings (SSSR count). The van der Waals surface area contributed by atoms with E-state index in [-0.39, 0.29) is 5.75 Å². The van der Waals surface area contributed by atoms with Crippen LogP contribution in [0.25, 0.3) is 0 Å². The van der Waals surface area contributed by atoms with Crippen LogP contribution >= 0.6 is 11.8 Å². The second-order valence-electron chi connectivity index (χ2n) is 5.14. The van der Waals surface area contributed by atoms with E-state index < -0.39 is 5.97 Å². The smallest absolute Gasteiger partial charge is 0.313 e. The standard InChI is InChI=1S/C15H17N3O2S/c1-2-18-14(16-17-15(18)21-9-13(19)20)12-7-10-5-3-4-6-11(10)8-12/h3-6,12H,2,7-9H2,1H3,(H,19,20). The predicted octanol–water partition coefficient (Wildman–Crippen LogP) is 2.36. The zero-order valence-corrected chi connectivity index (χ0v) is 12.6. The van der Waals surface area contributed by atoms with Gasteiger partial charge in [0.1, 0.15) is 5.82 Å². The van der Waals surface area contributed by atoms with Gasteiger partial charge in [-0.1, -0.05) is 36.0 Å². The molecule has 0 saturated heterocycles. The SMILES string of the molecule is CCn1c(SCC(=O)O)nnc1C1Cc2ccccc2C1. The van der Waals surface area contributed by atoms with Gasteiger partial charge in [0.05, 0.1) is 5.75 Å². The molecule has 1 aliphatic carbocycles. The maximum absolute atomic E-state index is 10.7.